The third-order valence-corrected chi connectivity index (χ3v) is 3.91. The van der Waals surface area contributed by atoms with Crippen LogP contribution in [0.5, 0.6) is 5.75 Å². The van der Waals surface area contributed by atoms with Crippen molar-refractivity contribution in [2.24, 2.45) is 0 Å². The minimum Gasteiger partial charge on any atom is -0.494 e. The number of hydrazine groups is 1. The molecule has 126 valence electrons. The molecule has 24 heavy (non-hydrogen) atoms. The van der Waals surface area contributed by atoms with Crippen molar-refractivity contribution >= 4 is 11.6 Å². The van der Waals surface area contributed by atoms with Crippen molar-refractivity contribution in [1.29, 1.82) is 0 Å². The van der Waals surface area contributed by atoms with Gasteiger partial charge in [0.05, 0.1) is 6.61 Å². The topological polar surface area (TPSA) is 62.4 Å². The molecule has 2 aromatic carbocycles. The Kier molecular flexibility index (Phi) is 5.08. The molecule has 1 fully saturated rings. The van der Waals surface area contributed by atoms with Gasteiger partial charge in [-0.2, -0.15) is 0 Å². The summed E-state index contributed by atoms with van der Waals surface area (Å²) in [6.07, 6.45) is 0.606. The quantitative estimate of drug-likeness (QED) is 0.789. The van der Waals surface area contributed by atoms with Gasteiger partial charge in [-0.15, -0.1) is 0 Å². The molecule has 0 spiro atoms. The number of nitrogens with one attached hydrogen (secondary N) is 3. The second-order valence-electron chi connectivity index (χ2n) is 5.63. The van der Waals surface area contributed by atoms with Crippen LogP contribution in [0.15, 0.2) is 48.5 Å². The first-order chi connectivity index (χ1) is 11.7. The number of rotatable bonds is 5. The van der Waals surface area contributed by atoms with Crippen LogP contribution >= 0.6 is 0 Å². The van der Waals surface area contributed by atoms with Gasteiger partial charge in [0.1, 0.15) is 17.6 Å². The molecule has 0 radical (unpaired) electrons. The highest BCUT2D eigenvalue weighted by atomic mass is 19.1. The lowest BCUT2D eigenvalue weighted by atomic mass is 10.0. The smallest absolute Gasteiger partial charge is 0.242 e. The number of hydrogen-bond acceptors (Lipinski definition) is 4. The van der Waals surface area contributed by atoms with E-state index in [2.05, 4.69) is 16.2 Å². The number of hydrogen-bond donors (Lipinski definition) is 3. The van der Waals surface area contributed by atoms with Crippen LogP contribution in [0.3, 0.4) is 0 Å². The van der Waals surface area contributed by atoms with E-state index in [-0.39, 0.29) is 23.8 Å². The van der Waals surface area contributed by atoms with E-state index in [1.165, 1.54) is 12.1 Å². The van der Waals surface area contributed by atoms with Crippen LogP contribution in [0.1, 0.15) is 24.9 Å². The van der Waals surface area contributed by atoms with Gasteiger partial charge in [0.2, 0.25) is 5.91 Å². The van der Waals surface area contributed by atoms with Crippen LogP contribution in [0.2, 0.25) is 0 Å². The molecule has 2 atom stereocenters. The van der Waals surface area contributed by atoms with E-state index < -0.39 is 0 Å². The number of carbonyl (C=O) groups excluding carboxylic acids is 1. The van der Waals surface area contributed by atoms with Crippen molar-refractivity contribution in [3.63, 3.8) is 0 Å². The summed E-state index contributed by atoms with van der Waals surface area (Å²) in [5.74, 6) is 0.256. The second-order valence-corrected chi connectivity index (χ2v) is 5.63. The minimum atomic E-state index is -0.384. The van der Waals surface area contributed by atoms with Crippen LogP contribution in [0, 0.1) is 5.82 Å². The van der Waals surface area contributed by atoms with Gasteiger partial charge >= 0.3 is 0 Å². The van der Waals surface area contributed by atoms with Crippen LogP contribution in [0.4, 0.5) is 10.1 Å². The first kappa shape index (κ1) is 16.4. The zero-order valence-electron chi connectivity index (χ0n) is 13.4. The molecule has 1 saturated heterocycles. The van der Waals surface area contributed by atoms with Gasteiger partial charge in [0, 0.05) is 11.7 Å². The molecular formula is C18H20FN3O2. The summed E-state index contributed by atoms with van der Waals surface area (Å²) in [6.45, 7) is 2.57. The zero-order valence-corrected chi connectivity index (χ0v) is 13.4. The van der Waals surface area contributed by atoms with Crippen LogP contribution in [0.25, 0.3) is 0 Å². The van der Waals surface area contributed by atoms with E-state index in [0.29, 0.717) is 18.7 Å². The lowest BCUT2D eigenvalue weighted by Crippen LogP contribution is -2.39. The predicted octanol–water partition coefficient (Wildman–Crippen LogP) is 2.77. The Labute approximate surface area is 140 Å². The van der Waals surface area contributed by atoms with Gasteiger partial charge in [-0.05, 0) is 49.2 Å². The number of amides is 1. The van der Waals surface area contributed by atoms with Crippen molar-refractivity contribution < 1.29 is 13.9 Å². The molecule has 0 aliphatic carbocycles. The van der Waals surface area contributed by atoms with Crippen molar-refractivity contribution in [3.8, 4) is 5.75 Å². The summed E-state index contributed by atoms with van der Waals surface area (Å²) < 4.78 is 18.6. The van der Waals surface area contributed by atoms with Crippen molar-refractivity contribution in [2.75, 3.05) is 11.9 Å². The minimum absolute atomic E-state index is 0.0314. The number of anilines is 1. The highest BCUT2D eigenvalue weighted by Crippen LogP contribution is 2.25. The van der Waals surface area contributed by atoms with Crippen LogP contribution < -0.4 is 20.9 Å². The third-order valence-electron chi connectivity index (χ3n) is 3.91. The molecule has 5 nitrogen and oxygen atoms in total. The van der Waals surface area contributed by atoms with E-state index in [0.717, 1.165) is 11.3 Å². The van der Waals surface area contributed by atoms with E-state index in [9.17, 15) is 9.18 Å². The molecule has 0 aromatic heterocycles. The van der Waals surface area contributed by atoms with Crippen molar-refractivity contribution in [3.05, 3.63) is 59.9 Å². The zero-order chi connectivity index (χ0) is 16.9. The summed E-state index contributed by atoms with van der Waals surface area (Å²) >= 11 is 0. The fraction of sp³-hybridized carbons (Fsp3) is 0.278. The maximum atomic E-state index is 13.2. The van der Waals surface area contributed by atoms with E-state index >= 15 is 0 Å². The molecule has 0 bridgehead atoms. The summed E-state index contributed by atoms with van der Waals surface area (Å²) in [5.41, 5.74) is 7.65. The lowest BCUT2D eigenvalue weighted by molar-refractivity contribution is -0.117. The fourth-order valence-electron chi connectivity index (χ4n) is 2.71. The SMILES string of the molecule is CCOc1ccc(C2CC(C(=O)Nc3cccc(F)c3)NN2)cc1. The summed E-state index contributed by atoms with van der Waals surface area (Å²) in [6, 6.07) is 13.3. The third kappa shape index (κ3) is 3.90. The molecule has 6 heteroatoms. The van der Waals surface area contributed by atoms with E-state index in [4.69, 9.17) is 4.74 Å². The molecule has 1 aliphatic rings. The molecule has 2 aromatic rings. The maximum Gasteiger partial charge on any atom is 0.242 e. The highest BCUT2D eigenvalue weighted by Gasteiger charge is 2.30. The number of halogens is 1. The fourth-order valence-corrected chi connectivity index (χ4v) is 2.71. The van der Waals surface area contributed by atoms with E-state index in [1.807, 2.05) is 31.2 Å². The maximum absolute atomic E-state index is 13.2. The molecule has 1 aliphatic heterocycles. The predicted molar refractivity (Wildman–Crippen MR) is 90.1 cm³/mol. The molecule has 1 amide bonds. The first-order valence-corrected chi connectivity index (χ1v) is 7.96. The van der Waals surface area contributed by atoms with Gasteiger partial charge in [0.25, 0.3) is 0 Å². The number of carbonyl (C=O) groups is 1. The Morgan fingerprint density at radius 3 is 2.75 bits per heavy atom. The van der Waals surface area contributed by atoms with Crippen molar-refractivity contribution in [2.45, 2.75) is 25.4 Å². The molecule has 3 N–H and O–H groups in total. The van der Waals surface area contributed by atoms with Crippen LogP contribution in [-0.4, -0.2) is 18.6 Å². The molecule has 2 unspecified atom stereocenters. The second kappa shape index (κ2) is 7.42. The van der Waals surface area contributed by atoms with Gasteiger partial charge in [-0.3, -0.25) is 4.79 Å². The Bertz CT molecular complexity index is 706. The standard InChI is InChI=1S/C18H20FN3O2/c1-2-24-15-8-6-12(7-9-15)16-11-17(22-21-16)18(23)20-14-5-3-4-13(19)10-14/h3-10,16-17,21-22H,2,11H2,1H3,(H,20,23). The first-order valence-electron chi connectivity index (χ1n) is 7.96. The molecule has 1 heterocycles. The number of ether oxygens (including phenoxy) is 1. The molecule has 0 saturated carbocycles. The summed E-state index contributed by atoms with van der Waals surface area (Å²) in [4.78, 5) is 12.3. The summed E-state index contributed by atoms with van der Waals surface area (Å²) in [5, 5.41) is 2.72. The largest absolute Gasteiger partial charge is 0.494 e. The number of benzene rings is 2. The summed E-state index contributed by atoms with van der Waals surface area (Å²) in [7, 11) is 0. The Morgan fingerprint density at radius 1 is 1.25 bits per heavy atom. The highest BCUT2D eigenvalue weighted by molar-refractivity contribution is 5.95. The van der Waals surface area contributed by atoms with Gasteiger partial charge in [-0.1, -0.05) is 18.2 Å². The Balaban J connectivity index is 1.59. The van der Waals surface area contributed by atoms with Crippen LogP contribution in [-0.2, 0) is 4.79 Å². The Hall–Kier alpha value is -2.44. The molecular weight excluding hydrogens is 309 g/mol. The van der Waals surface area contributed by atoms with Gasteiger partial charge < -0.3 is 10.1 Å². The average molecular weight is 329 g/mol. The van der Waals surface area contributed by atoms with Crippen molar-refractivity contribution in [1.82, 2.24) is 10.9 Å². The normalized spacial score (nSPS) is 19.9. The lowest BCUT2D eigenvalue weighted by Gasteiger charge is -2.11. The van der Waals surface area contributed by atoms with Gasteiger partial charge in [0.15, 0.2) is 0 Å². The van der Waals surface area contributed by atoms with Gasteiger partial charge in [-0.25, -0.2) is 15.2 Å². The molecule has 3 rings (SSSR count). The van der Waals surface area contributed by atoms with E-state index in [1.54, 1.807) is 12.1 Å². The Morgan fingerprint density at radius 2 is 2.04 bits per heavy atom. The average Bonchev–Trinajstić information content (AvgIpc) is 3.06. The monoisotopic (exact) mass is 329 g/mol.